The Kier molecular flexibility index (Phi) is 5.25. The van der Waals surface area contributed by atoms with Crippen LogP contribution < -0.4 is 5.32 Å². The van der Waals surface area contributed by atoms with Crippen LogP contribution in [0.5, 0.6) is 0 Å². The van der Waals surface area contributed by atoms with Gasteiger partial charge in [-0.1, -0.05) is 0 Å². The van der Waals surface area contributed by atoms with Crippen LogP contribution in [0.15, 0.2) is 30.6 Å². The summed E-state index contributed by atoms with van der Waals surface area (Å²) in [5, 5.41) is 4.00. The first-order chi connectivity index (χ1) is 13.5. The number of fused-ring (bicyclic) bond motifs is 1. The van der Waals surface area contributed by atoms with E-state index in [2.05, 4.69) is 25.3 Å². The molecule has 28 heavy (non-hydrogen) atoms. The molecule has 0 bridgehead atoms. The molecule has 0 aromatic carbocycles. The molecule has 9 heteroatoms. The summed E-state index contributed by atoms with van der Waals surface area (Å²) in [6, 6.07) is 4.20. The van der Waals surface area contributed by atoms with Gasteiger partial charge in [-0.15, -0.1) is 11.3 Å². The zero-order chi connectivity index (χ0) is 19.6. The molecule has 0 unspecified atom stereocenters. The molecule has 3 aromatic heterocycles. The van der Waals surface area contributed by atoms with Crippen molar-refractivity contribution >= 4 is 17.2 Å². The number of aromatic nitrogens is 4. The number of thiazole rings is 1. The van der Waals surface area contributed by atoms with Crippen LogP contribution in [0.2, 0.25) is 0 Å². The number of halogens is 3. The van der Waals surface area contributed by atoms with Gasteiger partial charge in [-0.2, -0.15) is 13.2 Å². The van der Waals surface area contributed by atoms with Gasteiger partial charge in [0.15, 0.2) is 11.5 Å². The third-order valence-electron chi connectivity index (χ3n) is 4.47. The minimum atomic E-state index is -4.55. The molecule has 3 aromatic rings. The van der Waals surface area contributed by atoms with Gasteiger partial charge in [0.1, 0.15) is 5.82 Å². The molecular weight excluding hydrogens is 387 g/mol. The smallest absolute Gasteiger partial charge is 0.370 e. The lowest BCUT2D eigenvalue weighted by Gasteiger charge is -2.11. The second-order valence-corrected chi connectivity index (χ2v) is 7.73. The molecule has 1 aliphatic carbocycles. The Bertz CT molecular complexity index is 932. The first kappa shape index (κ1) is 18.8. The highest BCUT2D eigenvalue weighted by Gasteiger charge is 2.33. The number of nitrogens with one attached hydrogen (secondary N) is 1. The summed E-state index contributed by atoms with van der Waals surface area (Å²) in [7, 11) is 0. The number of anilines is 1. The van der Waals surface area contributed by atoms with Gasteiger partial charge in [0.05, 0.1) is 10.7 Å². The molecule has 0 radical (unpaired) electrons. The third-order valence-corrected chi connectivity index (χ3v) is 5.69. The molecule has 1 aliphatic rings. The summed E-state index contributed by atoms with van der Waals surface area (Å²) in [6.07, 6.45) is 3.56. The molecule has 3 heterocycles. The van der Waals surface area contributed by atoms with Crippen molar-refractivity contribution < 1.29 is 13.2 Å². The maximum Gasteiger partial charge on any atom is 0.433 e. The lowest BCUT2D eigenvalue weighted by Crippen LogP contribution is -2.13. The first-order valence-electron chi connectivity index (χ1n) is 9.07. The van der Waals surface area contributed by atoms with Gasteiger partial charge < -0.3 is 5.32 Å². The average Bonchev–Trinajstić information content (AvgIpc) is 3.10. The van der Waals surface area contributed by atoms with E-state index >= 15 is 0 Å². The molecule has 1 N–H and O–H groups in total. The number of hydrogen-bond donors (Lipinski definition) is 1. The minimum Gasteiger partial charge on any atom is -0.370 e. The van der Waals surface area contributed by atoms with E-state index in [1.54, 1.807) is 29.7 Å². The number of hydrogen-bond acceptors (Lipinski definition) is 6. The van der Waals surface area contributed by atoms with E-state index in [-0.39, 0.29) is 11.6 Å². The largest absolute Gasteiger partial charge is 0.433 e. The van der Waals surface area contributed by atoms with Crippen molar-refractivity contribution in [2.24, 2.45) is 0 Å². The van der Waals surface area contributed by atoms with Crippen molar-refractivity contribution in [3.63, 3.8) is 0 Å². The maximum atomic E-state index is 13.2. The molecule has 0 spiro atoms. The van der Waals surface area contributed by atoms with E-state index in [1.807, 2.05) is 0 Å². The van der Waals surface area contributed by atoms with E-state index in [0.29, 0.717) is 18.5 Å². The quantitative estimate of drug-likeness (QED) is 0.675. The lowest BCUT2D eigenvalue weighted by molar-refractivity contribution is -0.141. The maximum absolute atomic E-state index is 13.2. The minimum absolute atomic E-state index is 0.00450. The summed E-state index contributed by atoms with van der Waals surface area (Å²) >= 11 is 1.71. The Morgan fingerprint density at radius 3 is 2.71 bits per heavy atom. The lowest BCUT2D eigenvalue weighted by atomic mass is 10.0. The fourth-order valence-electron chi connectivity index (χ4n) is 3.12. The second kappa shape index (κ2) is 7.83. The molecule has 5 nitrogen and oxygen atoms in total. The average molecular weight is 405 g/mol. The van der Waals surface area contributed by atoms with E-state index in [9.17, 15) is 13.2 Å². The normalized spacial score (nSPS) is 14.0. The number of nitrogens with zero attached hydrogens (tertiary/aromatic N) is 4. The third kappa shape index (κ3) is 4.30. The van der Waals surface area contributed by atoms with Gasteiger partial charge in [0.2, 0.25) is 0 Å². The van der Waals surface area contributed by atoms with Crippen molar-refractivity contribution in [1.82, 2.24) is 19.9 Å². The van der Waals surface area contributed by atoms with Crippen molar-refractivity contribution in [1.29, 1.82) is 0 Å². The van der Waals surface area contributed by atoms with Crippen LogP contribution in [0.1, 0.15) is 34.1 Å². The first-order valence-corrected chi connectivity index (χ1v) is 9.89. The zero-order valence-corrected chi connectivity index (χ0v) is 15.8. The van der Waals surface area contributed by atoms with Gasteiger partial charge in [0, 0.05) is 41.9 Å². The van der Waals surface area contributed by atoms with Crippen molar-refractivity contribution in [3.8, 4) is 11.4 Å². The molecule has 0 saturated carbocycles. The van der Waals surface area contributed by atoms with Crippen LogP contribution >= 0.6 is 11.3 Å². The topological polar surface area (TPSA) is 63.6 Å². The van der Waals surface area contributed by atoms with Crippen LogP contribution in [0.25, 0.3) is 11.4 Å². The van der Waals surface area contributed by atoms with Gasteiger partial charge in [-0.25, -0.2) is 15.0 Å². The number of aryl methyl sites for hydroxylation is 2. The molecule has 0 aliphatic heterocycles. The summed E-state index contributed by atoms with van der Waals surface area (Å²) in [5.74, 6) is 0.137. The van der Waals surface area contributed by atoms with Gasteiger partial charge in [0.25, 0.3) is 0 Å². The Hall–Kier alpha value is -2.55. The van der Waals surface area contributed by atoms with Crippen LogP contribution in [0.3, 0.4) is 0 Å². The predicted octanol–water partition coefficient (Wildman–Crippen LogP) is 4.55. The van der Waals surface area contributed by atoms with Gasteiger partial charge in [-0.05, 0) is 37.8 Å². The SMILES string of the molecule is FC(F)(F)c1cc(NCCc2nc3c(s2)CCCC3)nc(-c2cccnc2)n1. The summed E-state index contributed by atoms with van der Waals surface area (Å²) in [5.41, 5.74) is 0.643. The van der Waals surface area contributed by atoms with Crippen LogP contribution in [-0.4, -0.2) is 26.5 Å². The monoisotopic (exact) mass is 405 g/mol. The summed E-state index contributed by atoms with van der Waals surface area (Å²) < 4.78 is 39.7. The Morgan fingerprint density at radius 1 is 1.11 bits per heavy atom. The Labute approximate surface area is 164 Å². The van der Waals surface area contributed by atoms with E-state index in [4.69, 9.17) is 0 Å². The molecule has 0 fully saturated rings. The molecule has 0 atom stereocenters. The molecule has 0 amide bonds. The second-order valence-electron chi connectivity index (χ2n) is 6.56. The number of alkyl halides is 3. The molecule has 4 rings (SSSR count). The predicted molar refractivity (Wildman–Crippen MR) is 101 cm³/mol. The highest BCUT2D eigenvalue weighted by atomic mass is 32.1. The van der Waals surface area contributed by atoms with Crippen molar-refractivity contribution in [3.05, 3.63) is 51.9 Å². The Morgan fingerprint density at radius 2 is 1.96 bits per heavy atom. The van der Waals surface area contributed by atoms with E-state index in [0.717, 1.165) is 23.9 Å². The Balaban J connectivity index is 1.51. The van der Waals surface area contributed by atoms with Gasteiger partial charge >= 0.3 is 6.18 Å². The molecule has 146 valence electrons. The fourth-order valence-corrected chi connectivity index (χ4v) is 4.27. The van der Waals surface area contributed by atoms with Crippen LogP contribution in [0, 0.1) is 0 Å². The molecular formula is C19H18F3N5S. The van der Waals surface area contributed by atoms with E-state index < -0.39 is 11.9 Å². The van der Waals surface area contributed by atoms with Crippen LogP contribution in [0.4, 0.5) is 19.0 Å². The molecule has 0 saturated heterocycles. The van der Waals surface area contributed by atoms with E-state index in [1.165, 1.54) is 29.6 Å². The fraction of sp³-hybridized carbons (Fsp3) is 0.368. The summed E-state index contributed by atoms with van der Waals surface area (Å²) in [6.45, 7) is 0.452. The highest BCUT2D eigenvalue weighted by molar-refractivity contribution is 7.11. The zero-order valence-electron chi connectivity index (χ0n) is 15.0. The van der Waals surface area contributed by atoms with Crippen molar-refractivity contribution in [2.45, 2.75) is 38.3 Å². The summed E-state index contributed by atoms with van der Waals surface area (Å²) in [4.78, 5) is 17.8. The van der Waals surface area contributed by atoms with Gasteiger partial charge in [-0.3, -0.25) is 4.98 Å². The van der Waals surface area contributed by atoms with Crippen molar-refractivity contribution in [2.75, 3.05) is 11.9 Å². The standard InChI is InChI=1S/C19H18F3N5S/c20-19(21,22)15-10-16(27-18(26-15)12-4-3-8-23-11-12)24-9-7-17-25-13-5-1-2-6-14(13)28-17/h3-4,8,10-11H,1-2,5-7,9H2,(H,24,26,27). The van der Waals surface area contributed by atoms with Crippen LogP contribution in [-0.2, 0) is 25.4 Å². The highest BCUT2D eigenvalue weighted by Crippen LogP contribution is 2.31. The number of pyridine rings is 1. The number of rotatable bonds is 5.